The van der Waals surface area contributed by atoms with Crippen LogP contribution in [0, 0.1) is 6.92 Å². The standard InChI is InChI=1S/C14H14N6O2S/c1-9-17-12(22-20-9)5-7-16-13(21)10-8-23-14(18-10)19-11-4-2-3-6-15-11/h2-4,6,8H,5,7H2,1H3,(H,16,21)(H,15,18,19). The van der Waals surface area contributed by atoms with Gasteiger partial charge >= 0.3 is 0 Å². The smallest absolute Gasteiger partial charge is 0.270 e. The van der Waals surface area contributed by atoms with E-state index in [4.69, 9.17) is 4.52 Å². The fraction of sp³-hybridized carbons (Fsp3) is 0.214. The molecular weight excluding hydrogens is 316 g/mol. The molecule has 0 saturated heterocycles. The maximum atomic E-state index is 12.0. The molecule has 1 amide bonds. The van der Waals surface area contributed by atoms with E-state index in [-0.39, 0.29) is 5.91 Å². The highest BCUT2D eigenvalue weighted by Crippen LogP contribution is 2.19. The maximum Gasteiger partial charge on any atom is 0.270 e. The predicted octanol–water partition coefficient (Wildman–Crippen LogP) is 1.95. The number of rotatable bonds is 6. The van der Waals surface area contributed by atoms with Crippen LogP contribution >= 0.6 is 11.3 Å². The molecule has 0 saturated carbocycles. The van der Waals surface area contributed by atoms with E-state index in [9.17, 15) is 4.79 Å². The number of amides is 1. The number of nitrogens with one attached hydrogen (secondary N) is 2. The van der Waals surface area contributed by atoms with Gasteiger partial charge in [-0.25, -0.2) is 9.97 Å². The van der Waals surface area contributed by atoms with E-state index in [1.165, 1.54) is 11.3 Å². The summed E-state index contributed by atoms with van der Waals surface area (Å²) in [6.45, 7) is 2.15. The van der Waals surface area contributed by atoms with Crippen LogP contribution < -0.4 is 10.6 Å². The third-order valence-electron chi connectivity index (χ3n) is 2.83. The maximum absolute atomic E-state index is 12.0. The van der Waals surface area contributed by atoms with Gasteiger partial charge in [-0.1, -0.05) is 11.2 Å². The van der Waals surface area contributed by atoms with Gasteiger partial charge in [0.15, 0.2) is 11.0 Å². The zero-order valence-corrected chi connectivity index (χ0v) is 13.1. The Morgan fingerprint density at radius 1 is 1.35 bits per heavy atom. The fourth-order valence-electron chi connectivity index (χ4n) is 1.80. The minimum Gasteiger partial charge on any atom is -0.350 e. The first kappa shape index (κ1) is 15.1. The highest BCUT2D eigenvalue weighted by Gasteiger charge is 2.11. The van der Waals surface area contributed by atoms with Crippen molar-refractivity contribution < 1.29 is 9.32 Å². The van der Waals surface area contributed by atoms with Crippen molar-refractivity contribution in [1.82, 2.24) is 25.4 Å². The number of anilines is 2. The van der Waals surface area contributed by atoms with Gasteiger partial charge in [0.2, 0.25) is 5.89 Å². The molecule has 0 aromatic carbocycles. The van der Waals surface area contributed by atoms with Crippen molar-refractivity contribution in [1.29, 1.82) is 0 Å². The molecule has 0 fully saturated rings. The molecule has 3 heterocycles. The molecule has 0 atom stereocenters. The molecule has 9 heteroatoms. The largest absolute Gasteiger partial charge is 0.350 e. The van der Waals surface area contributed by atoms with Gasteiger partial charge in [-0.05, 0) is 19.1 Å². The topological polar surface area (TPSA) is 106 Å². The number of hydrogen-bond donors (Lipinski definition) is 2. The summed E-state index contributed by atoms with van der Waals surface area (Å²) in [4.78, 5) is 24.5. The Balaban J connectivity index is 1.52. The van der Waals surface area contributed by atoms with Crippen molar-refractivity contribution in [3.63, 3.8) is 0 Å². The first-order chi connectivity index (χ1) is 11.2. The molecular formula is C14H14N6O2S. The molecule has 0 unspecified atom stereocenters. The fourth-order valence-corrected chi connectivity index (χ4v) is 2.49. The van der Waals surface area contributed by atoms with E-state index in [0.717, 1.165) is 0 Å². The first-order valence-corrected chi connectivity index (χ1v) is 7.79. The van der Waals surface area contributed by atoms with Gasteiger partial charge in [-0.2, -0.15) is 4.98 Å². The van der Waals surface area contributed by atoms with Crippen LogP contribution in [0.4, 0.5) is 10.9 Å². The lowest BCUT2D eigenvalue weighted by molar-refractivity contribution is 0.0949. The second-order valence-electron chi connectivity index (χ2n) is 4.62. The van der Waals surface area contributed by atoms with Crippen LogP contribution in [-0.2, 0) is 6.42 Å². The summed E-state index contributed by atoms with van der Waals surface area (Å²) in [5, 5.41) is 11.8. The summed E-state index contributed by atoms with van der Waals surface area (Å²) in [7, 11) is 0. The van der Waals surface area contributed by atoms with E-state index in [1.54, 1.807) is 18.5 Å². The van der Waals surface area contributed by atoms with E-state index in [2.05, 4.69) is 30.7 Å². The molecule has 0 aliphatic heterocycles. The van der Waals surface area contributed by atoms with Gasteiger partial charge < -0.3 is 15.2 Å². The Bertz CT molecular complexity index is 785. The number of nitrogens with zero attached hydrogens (tertiary/aromatic N) is 4. The number of hydrogen-bond acceptors (Lipinski definition) is 8. The summed E-state index contributed by atoms with van der Waals surface area (Å²) in [5.74, 6) is 1.52. The number of aromatic nitrogens is 4. The Morgan fingerprint density at radius 2 is 2.26 bits per heavy atom. The Hall–Kier alpha value is -2.81. The zero-order valence-electron chi connectivity index (χ0n) is 12.3. The Kier molecular flexibility index (Phi) is 4.57. The molecule has 2 N–H and O–H groups in total. The lowest BCUT2D eigenvalue weighted by Crippen LogP contribution is -2.26. The normalized spacial score (nSPS) is 10.5. The molecule has 3 aromatic rings. The van der Waals surface area contributed by atoms with Crippen LogP contribution in [-0.4, -0.2) is 32.6 Å². The number of pyridine rings is 1. The summed E-state index contributed by atoms with van der Waals surface area (Å²) in [6, 6.07) is 5.53. The summed E-state index contributed by atoms with van der Waals surface area (Å²) in [5.41, 5.74) is 0.357. The van der Waals surface area contributed by atoms with Crippen LogP contribution in [0.5, 0.6) is 0 Å². The molecule has 0 radical (unpaired) electrons. The second kappa shape index (κ2) is 6.97. The Morgan fingerprint density at radius 3 is 3.00 bits per heavy atom. The van der Waals surface area contributed by atoms with Crippen molar-refractivity contribution >= 4 is 28.2 Å². The van der Waals surface area contributed by atoms with Crippen molar-refractivity contribution in [2.75, 3.05) is 11.9 Å². The number of thiazole rings is 1. The van der Waals surface area contributed by atoms with Crippen LogP contribution in [0.2, 0.25) is 0 Å². The second-order valence-corrected chi connectivity index (χ2v) is 5.48. The van der Waals surface area contributed by atoms with Gasteiger partial charge in [-0.3, -0.25) is 4.79 Å². The van der Waals surface area contributed by atoms with Crippen molar-refractivity contribution in [3.05, 3.63) is 47.2 Å². The summed E-state index contributed by atoms with van der Waals surface area (Å²) in [6.07, 6.45) is 2.17. The van der Waals surface area contributed by atoms with Crippen molar-refractivity contribution in [3.8, 4) is 0 Å². The van der Waals surface area contributed by atoms with E-state index in [1.807, 2.05) is 18.2 Å². The Labute approximate surface area is 136 Å². The molecule has 0 aliphatic carbocycles. The minimum absolute atomic E-state index is 0.244. The first-order valence-electron chi connectivity index (χ1n) is 6.91. The molecule has 0 spiro atoms. The molecule has 8 nitrogen and oxygen atoms in total. The summed E-state index contributed by atoms with van der Waals surface area (Å²) >= 11 is 1.34. The van der Waals surface area contributed by atoms with Crippen molar-refractivity contribution in [2.24, 2.45) is 0 Å². The average Bonchev–Trinajstić information content (AvgIpc) is 3.18. The van der Waals surface area contributed by atoms with Gasteiger partial charge in [0, 0.05) is 24.5 Å². The van der Waals surface area contributed by atoms with Crippen LogP contribution in [0.3, 0.4) is 0 Å². The molecule has 3 rings (SSSR count). The quantitative estimate of drug-likeness (QED) is 0.711. The van der Waals surface area contributed by atoms with E-state index < -0.39 is 0 Å². The molecule has 3 aromatic heterocycles. The van der Waals surface area contributed by atoms with Crippen LogP contribution in [0.15, 0.2) is 34.3 Å². The number of carbonyl (C=O) groups excluding carboxylic acids is 1. The average molecular weight is 330 g/mol. The molecule has 0 bridgehead atoms. The third-order valence-corrected chi connectivity index (χ3v) is 3.59. The molecule has 118 valence electrons. The van der Waals surface area contributed by atoms with E-state index in [0.29, 0.717) is 41.3 Å². The van der Waals surface area contributed by atoms with Gasteiger partial charge in [-0.15, -0.1) is 11.3 Å². The molecule has 23 heavy (non-hydrogen) atoms. The third kappa shape index (κ3) is 4.10. The van der Waals surface area contributed by atoms with Gasteiger partial charge in [0.05, 0.1) is 0 Å². The lowest BCUT2D eigenvalue weighted by Gasteiger charge is -2.01. The number of carbonyl (C=O) groups is 1. The summed E-state index contributed by atoms with van der Waals surface area (Å²) < 4.78 is 4.98. The highest BCUT2D eigenvalue weighted by molar-refractivity contribution is 7.14. The number of aryl methyl sites for hydroxylation is 1. The monoisotopic (exact) mass is 330 g/mol. The highest BCUT2D eigenvalue weighted by atomic mass is 32.1. The predicted molar refractivity (Wildman–Crippen MR) is 84.7 cm³/mol. The van der Waals surface area contributed by atoms with Crippen LogP contribution in [0.1, 0.15) is 22.2 Å². The minimum atomic E-state index is -0.244. The van der Waals surface area contributed by atoms with Gasteiger partial charge in [0.25, 0.3) is 5.91 Å². The van der Waals surface area contributed by atoms with Crippen LogP contribution in [0.25, 0.3) is 0 Å². The zero-order chi connectivity index (χ0) is 16.1. The molecule has 0 aliphatic rings. The van der Waals surface area contributed by atoms with Crippen molar-refractivity contribution in [2.45, 2.75) is 13.3 Å². The van der Waals surface area contributed by atoms with E-state index >= 15 is 0 Å². The van der Waals surface area contributed by atoms with Gasteiger partial charge in [0.1, 0.15) is 11.5 Å². The SMILES string of the molecule is Cc1noc(CCNC(=O)c2csc(Nc3ccccn3)n2)n1. The lowest BCUT2D eigenvalue weighted by atomic mass is 10.4.